The lowest BCUT2D eigenvalue weighted by atomic mass is 9.67. The highest BCUT2D eigenvalue weighted by atomic mass is 32.2. The van der Waals surface area contributed by atoms with Gasteiger partial charge in [-0.05, 0) is 31.4 Å². The van der Waals surface area contributed by atoms with Crippen molar-refractivity contribution < 1.29 is 27.4 Å². The number of amides is 1. The number of carbonyl (C=O) groups excluding carboxylic acids is 1. The van der Waals surface area contributed by atoms with Gasteiger partial charge in [0.1, 0.15) is 13.2 Å². The van der Waals surface area contributed by atoms with Crippen molar-refractivity contribution in [3.05, 3.63) is 18.2 Å². The number of sulfonamides is 1. The van der Waals surface area contributed by atoms with E-state index < -0.39 is 15.4 Å². The van der Waals surface area contributed by atoms with Crippen LogP contribution in [-0.4, -0.2) is 63.9 Å². The maximum absolute atomic E-state index is 13.5. The first-order valence-corrected chi connectivity index (χ1v) is 11.8. The second-order valence-electron chi connectivity index (χ2n) is 7.90. The number of anilines is 1. The van der Waals surface area contributed by atoms with Crippen molar-refractivity contribution in [3.63, 3.8) is 0 Å². The van der Waals surface area contributed by atoms with Crippen molar-refractivity contribution in [1.29, 1.82) is 0 Å². The number of hydrogen-bond donors (Lipinski definition) is 1. The Morgan fingerprint density at radius 2 is 2.03 bits per heavy atom. The highest BCUT2D eigenvalue weighted by Gasteiger charge is 2.55. The molecule has 2 fully saturated rings. The van der Waals surface area contributed by atoms with Crippen molar-refractivity contribution in [1.82, 2.24) is 4.31 Å². The fraction of sp³-hybridized carbons (Fsp3) is 0.650. The first-order valence-electron chi connectivity index (χ1n) is 10.2. The second-order valence-corrected chi connectivity index (χ2v) is 9.94. The summed E-state index contributed by atoms with van der Waals surface area (Å²) < 4.78 is 43.3. The minimum absolute atomic E-state index is 0.0121. The SMILES string of the molecule is COCCN1[C@@H]2CCCC[C@@]2(C(=O)Nc2ccc3c(c2)OCCO3)CCS1(=O)=O. The van der Waals surface area contributed by atoms with Crippen LogP contribution < -0.4 is 14.8 Å². The van der Waals surface area contributed by atoms with E-state index in [0.717, 1.165) is 12.8 Å². The lowest BCUT2D eigenvalue weighted by Crippen LogP contribution is -2.62. The van der Waals surface area contributed by atoms with Crippen LogP contribution in [0, 0.1) is 5.41 Å². The van der Waals surface area contributed by atoms with E-state index in [2.05, 4.69) is 5.32 Å². The van der Waals surface area contributed by atoms with Gasteiger partial charge >= 0.3 is 0 Å². The molecule has 4 rings (SSSR count). The number of rotatable bonds is 5. The molecular weight excluding hydrogens is 396 g/mol. The summed E-state index contributed by atoms with van der Waals surface area (Å²) >= 11 is 0. The molecule has 3 aliphatic rings. The summed E-state index contributed by atoms with van der Waals surface area (Å²) in [6, 6.07) is 5.02. The predicted octanol–water partition coefficient (Wildman–Crippen LogP) is 2.01. The number of carbonyl (C=O) groups is 1. The average Bonchev–Trinajstić information content (AvgIpc) is 2.72. The maximum Gasteiger partial charge on any atom is 0.232 e. The van der Waals surface area contributed by atoms with Gasteiger partial charge in [0.15, 0.2) is 11.5 Å². The molecule has 1 saturated carbocycles. The summed E-state index contributed by atoms with van der Waals surface area (Å²) in [5.41, 5.74) is -0.0836. The van der Waals surface area contributed by atoms with Crippen molar-refractivity contribution in [2.75, 3.05) is 44.5 Å². The van der Waals surface area contributed by atoms with Crippen LogP contribution in [0.5, 0.6) is 11.5 Å². The van der Waals surface area contributed by atoms with Crippen molar-refractivity contribution in [2.45, 2.75) is 38.1 Å². The molecular formula is C20H28N2O6S. The molecule has 0 aromatic heterocycles. The van der Waals surface area contributed by atoms with E-state index in [1.165, 1.54) is 4.31 Å². The quantitative estimate of drug-likeness (QED) is 0.777. The summed E-state index contributed by atoms with van der Waals surface area (Å²) in [6.07, 6.45) is 3.57. The van der Waals surface area contributed by atoms with Crippen molar-refractivity contribution in [2.24, 2.45) is 5.41 Å². The summed E-state index contributed by atoms with van der Waals surface area (Å²) in [5, 5.41) is 3.03. The maximum atomic E-state index is 13.5. The predicted molar refractivity (Wildman–Crippen MR) is 108 cm³/mol. The molecule has 8 nitrogen and oxygen atoms in total. The molecule has 1 aliphatic carbocycles. The minimum atomic E-state index is -3.39. The normalized spacial score (nSPS) is 28.4. The molecule has 1 aromatic carbocycles. The molecule has 2 heterocycles. The van der Waals surface area contributed by atoms with E-state index in [4.69, 9.17) is 14.2 Å². The van der Waals surface area contributed by atoms with Crippen LogP contribution >= 0.6 is 0 Å². The Labute approximate surface area is 171 Å². The molecule has 29 heavy (non-hydrogen) atoms. The average molecular weight is 425 g/mol. The van der Waals surface area contributed by atoms with Gasteiger partial charge in [0.25, 0.3) is 0 Å². The van der Waals surface area contributed by atoms with Crippen LogP contribution in [-0.2, 0) is 19.6 Å². The zero-order chi connectivity index (χ0) is 20.5. The number of benzene rings is 1. The third-order valence-corrected chi connectivity index (χ3v) is 8.14. The van der Waals surface area contributed by atoms with Gasteiger partial charge in [0.2, 0.25) is 15.9 Å². The number of nitrogens with one attached hydrogen (secondary N) is 1. The first kappa shape index (κ1) is 20.4. The van der Waals surface area contributed by atoms with Crippen LogP contribution in [0.25, 0.3) is 0 Å². The Bertz CT molecular complexity index is 874. The van der Waals surface area contributed by atoms with Gasteiger partial charge in [-0.15, -0.1) is 0 Å². The van der Waals surface area contributed by atoms with Gasteiger partial charge in [-0.25, -0.2) is 8.42 Å². The lowest BCUT2D eigenvalue weighted by molar-refractivity contribution is -0.132. The van der Waals surface area contributed by atoms with Crippen LogP contribution in [0.15, 0.2) is 18.2 Å². The van der Waals surface area contributed by atoms with E-state index in [1.807, 2.05) is 0 Å². The number of methoxy groups -OCH3 is 1. The smallest absolute Gasteiger partial charge is 0.232 e. The van der Waals surface area contributed by atoms with Gasteiger partial charge < -0.3 is 19.5 Å². The van der Waals surface area contributed by atoms with E-state index >= 15 is 0 Å². The molecule has 1 saturated heterocycles. The second kappa shape index (κ2) is 8.12. The van der Waals surface area contributed by atoms with Crippen molar-refractivity contribution in [3.8, 4) is 11.5 Å². The number of fused-ring (bicyclic) bond motifs is 2. The number of ether oxygens (including phenoxy) is 3. The fourth-order valence-electron chi connectivity index (χ4n) is 4.79. The summed E-state index contributed by atoms with van der Waals surface area (Å²) in [6.45, 7) is 1.58. The molecule has 0 unspecified atom stereocenters. The molecule has 2 aliphatic heterocycles. The van der Waals surface area contributed by atoms with Gasteiger partial charge in [-0.2, -0.15) is 4.31 Å². The lowest BCUT2D eigenvalue weighted by Gasteiger charge is -2.50. The Balaban J connectivity index is 1.59. The van der Waals surface area contributed by atoms with Gasteiger partial charge in [-0.3, -0.25) is 4.79 Å². The Morgan fingerprint density at radius 1 is 1.24 bits per heavy atom. The molecule has 0 spiro atoms. The van der Waals surface area contributed by atoms with Gasteiger partial charge in [0.05, 0.1) is 17.8 Å². The van der Waals surface area contributed by atoms with E-state index in [0.29, 0.717) is 56.3 Å². The van der Waals surface area contributed by atoms with Gasteiger partial charge in [-0.1, -0.05) is 12.8 Å². The van der Waals surface area contributed by atoms with Crippen molar-refractivity contribution >= 4 is 21.6 Å². The Kier molecular flexibility index (Phi) is 5.72. The third-order valence-electron chi connectivity index (χ3n) is 6.27. The molecule has 1 amide bonds. The molecule has 0 radical (unpaired) electrons. The van der Waals surface area contributed by atoms with Crippen LogP contribution in [0.2, 0.25) is 0 Å². The topological polar surface area (TPSA) is 94.2 Å². The van der Waals surface area contributed by atoms with Crippen LogP contribution in [0.1, 0.15) is 32.1 Å². The number of hydrogen-bond acceptors (Lipinski definition) is 6. The Morgan fingerprint density at radius 3 is 2.83 bits per heavy atom. The molecule has 2 atom stereocenters. The largest absolute Gasteiger partial charge is 0.486 e. The molecule has 160 valence electrons. The summed E-state index contributed by atoms with van der Waals surface area (Å²) in [7, 11) is -1.83. The monoisotopic (exact) mass is 424 g/mol. The molecule has 1 N–H and O–H groups in total. The third kappa shape index (κ3) is 3.83. The first-order chi connectivity index (χ1) is 14.0. The summed E-state index contributed by atoms with van der Waals surface area (Å²) in [5.74, 6) is 1.15. The standard InChI is InChI=1S/C20H28N2O6S/c1-26-10-9-22-18-4-2-3-7-20(18,8-13-29(22,24)25)19(23)21-15-5-6-16-17(14-15)28-12-11-27-16/h5-6,14,18H,2-4,7-13H2,1H3,(H,21,23)/t18-,20-/m1/s1. The molecule has 9 heteroatoms. The van der Waals surface area contributed by atoms with Crippen LogP contribution in [0.4, 0.5) is 5.69 Å². The van der Waals surface area contributed by atoms with E-state index in [1.54, 1.807) is 25.3 Å². The Hall–Kier alpha value is -1.84. The highest BCUT2D eigenvalue weighted by Crippen LogP contribution is 2.47. The zero-order valence-corrected chi connectivity index (χ0v) is 17.5. The van der Waals surface area contributed by atoms with Gasteiger partial charge in [0, 0.05) is 31.5 Å². The summed E-state index contributed by atoms with van der Waals surface area (Å²) in [4.78, 5) is 13.5. The van der Waals surface area contributed by atoms with E-state index in [-0.39, 0.29) is 24.2 Å². The van der Waals surface area contributed by atoms with E-state index in [9.17, 15) is 13.2 Å². The minimum Gasteiger partial charge on any atom is -0.486 e. The highest BCUT2D eigenvalue weighted by molar-refractivity contribution is 7.89. The molecule has 1 aromatic rings. The van der Waals surface area contributed by atoms with Crippen LogP contribution in [0.3, 0.4) is 0 Å². The number of nitrogens with zero attached hydrogens (tertiary/aromatic N) is 1. The zero-order valence-electron chi connectivity index (χ0n) is 16.7. The molecule has 0 bridgehead atoms. The fourth-order valence-corrected chi connectivity index (χ4v) is 6.69.